The molecule has 98 valence electrons. The maximum Gasteiger partial charge on any atom is 0.235 e. The molecule has 5 heteroatoms. The number of nitrogens with two attached hydrogens (primary N) is 1. The van der Waals surface area contributed by atoms with Crippen molar-refractivity contribution >= 4 is 5.91 Å². The van der Waals surface area contributed by atoms with Gasteiger partial charge in [-0.1, -0.05) is 0 Å². The van der Waals surface area contributed by atoms with E-state index in [0.717, 1.165) is 13.1 Å². The predicted molar refractivity (Wildman–Crippen MR) is 67.2 cm³/mol. The zero-order valence-corrected chi connectivity index (χ0v) is 10.7. The molecule has 0 radical (unpaired) electrons. The standard InChI is InChI=1S/C12H24N4O/c1-10(8-12(17)14-13)16-7-4-11(9-16)15-5-2-3-6-15/h10-11H,2-9,13H2,1H3,(H,14,17). The third kappa shape index (κ3) is 3.18. The molecule has 3 N–H and O–H groups in total. The van der Waals surface area contributed by atoms with Crippen LogP contribution in [-0.2, 0) is 4.79 Å². The first-order valence-electron chi connectivity index (χ1n) is 6.68. The van der Waals surface area contributed by atoms with Gasteiger partial charge in [0, 0.05) is 31.6 Å². The highest BCUT2D eigenvalue weighted by Gasteiger charge is 2.31. The monoisotopic (exact) mass is 240 g/mol. The summed E-state index contributed by atoms with van der Waals surface area (Å²) in [7, 11) is 0. The van der Waals surface area contributed by atoms with E-state index in [2.05, 4.69) is 22.1 Å². The Hall–Kier alpha value is -0.650. The van der Waals surface area contributed by atoms with Crippen LogP contribution in [0.15, 0.2) is 0 Å². The number of carbonyl (C=O) groups is 1. The summed E-state index contributed by atoms with van der Waals surface area (Å²) in [6, 6.07) is 1.01. The maximum absolute atomic E-state index is 11.2. The summed E-state index contributed by atoms with van der Waals surface area (Å²) in [6.45, 7) is 6.85. The van der Waals surface area contributed by atoms with Gasteiger partial charge in [0.2, 0.25) is 5.91 Å². The van der Waals surface area contributed by atoms with E-state index in [4.69, 9.17) is 5.84 Å². The van der Waals surface area contributed by atoms with E-state index >= 15 is 0 Å². The fourth-order valence-electron chi connectivity index (χ4n) is 3.03. The molecule has 2 atom stereocenters. The van der Waals surface area contributed by atoms with Crippen molar-refractivity contribution in [2.45, 2.75) is 44.7 Å². The molecule has 0 aromatic carbocycles. The molecule has 0 spiro atoms. The highest BCUT2D eigenvalue weighted by atomic mass is 16.2. The summed E-state index contributed by atoms with van der Waals surface area (Å²) in [5.41, 5.74) is 2.21. The van der Waals surface area contributed by atoms with Crippen LogP contribution in [0.4, 0.5) is 0 Å². The number of hydrazine groups is 1. The SMILES string of the molecule is CC(CC(=O)NN)N1CCC(N2CCCC2)C1. The number of hydrogen-bond donors (Lipinski definition) is 2. The van der Waals surface area contributed by atoms with Gasteiger partial charge in [0.15, 0.2) is 0 Å². The Balaban J connectivity index is 1.78. The Labute approximate surface area is 103 Å². The first-order chi connectivity index (χ1) is 8.20. The molecule has 17 heavy (non-hydrogen) atoms. The quantitative estimate of drug-likeness (QED) is 0.410. The average Bonchev–Trinajstić information content (AvgIpc) is 2.98. The predicted octanol–water partition coefficient (Wildman–Crippen LogP) is -0.0750. The molecule has 0 aliphatic carbocycles. The molecule has 2 aliphatic rings. The van der Waals surface area contributed by atoms with Crippen molar-refractivity contribution in [2.24, 2.45) is 5.84 Å². The fourth-order valence-corrected chi connectivity index (χ4v) is 3.03. The van der Waals surface area contributed by atoms with Crippen molar-refractivity contribution < 1.29 is 4.79 Å². The van der Waals surface area contributed by atoms with Gasteiger partial charge in [-0.15, -0.1) is 0 Å². The summed E-state index contributed by atoms with van der Waals surface area (Å²) >= 11 is 0. The van der Waals surface area contributed by atoms with Crippen molar-refractivity contribution in [2.75, 3.05) is 26.2 Å². The Morgan fingerprint density at radius 1 is 1.41 bits per heavy atom. The number of nitrogens with one attached hydrogen (secondary N) is 1. The molecule has 0 aromatic heterocycles. The van der Waals surface area contributed by atoms with E-state index < -0.39 is 0 Å². The molecule has 0 aromatic rings. The van der Waals surface area contributed by atoms with Gasteiger partial charge in [-0.25, -0.2) is 5.84 Å². The Bertz CT molecular complexity index is 265. The largest absolute Gasteiger partial charge is 0.299 e. The van der Waals surface area contributed by atoms with Crippen LogP contribution in [-0.4, -0.2) is 54.0 Å². The minimum absolute atomic E-state index is 0.0675. The molecule has 2 saturated heterocycles. The van der Waals surface area contributed by atoms with E-state index in [-0.39, 0.29) is 5.91 Å². The minimum Gasteiger partial charge on any atom is -0.299 e. The molecular formula is C12H24N4O. The van der Waals surface area contributed by atoms with E-state index in [0.29, 0.717) is 18.5 Å². The second-order valence-electron chi connectivity index (χ2n) is 5.30. The van der Waals surface area contributed by atoms with E-state index in [1.54, 1.807) is 0 Å². The zero-order valence-electron chi connectivity index (χ0n) is 10.7. The van der Waals surface area contributed by atoms with Crippen LogP contribution in [0.5, 0.6) is 0 Å². The first kappa shape index (κ1) is 12.8. The van der Waals surface area contributed by atoms with Crippen molar-refractivity contribution in [3.8, 4) is 0 Å². The molecular weight excluding hydrogens is 216 g/mol. The van der Waals surface area contributed by atoms with Gasteiger partial charge in [0.05, 0.1) is 0 Å². The van der Waals surface area contributed by atoms with Gasteiger partial charge in [-0.05, 0) is 39.3 Å². The van der Waals surface area contributed by atoms with Gasteiger partial charge >= 0.3 is 0 Å². The van der Waals surface area contributed by atoms with Crippen LogP contribution in [0.3, 0.4) is 0 Å². The summed E-state index contributed by atoms with van der Waals surface area (Å²) in [5, 5.41) is 0. The number of likely N-dealkylation sites (tertiary alicyclic amines) is 2. The summed E-state index contributed by atoms with van der Waals surface area (Å²) in [4.78, 5) is 16.3. The maximum atomic E-state index is 11.2. The van der Waals surface area contributed by atoms with Gasteiger partial charge in [0.25, 0.3) is 0 Å². The number of carbonyl (C=O) groups excluding carboxylic acids is 1. The topological polar surface area (TPSA) is 61.6 Å². The molecule has 0 saturated carbocycles. The second kappa shape index (κ2) is 5.80. The summed E-state index contributed by atoms with van der Waals surface area (Å²) < 4.78 is 0. The third-order valence-electron chi connectivity index (χ3n) is 4.12. The molecule has 1 amide bonds. The number of rotatable bonds is 4. The fraction of sp³-hybridized carbons (Fsp3) is 0.917. The van der Waals surface area contributed by atoms with Crippen LogP contribution in [0, 0.1) is 0 Å². The van der Waals surface area contributed by atoms with Gasteiger partial charge in [0.1, 0.15) is 0 Å². The van der Waals surface area contributed by atoms with Crippen LogP contribution in [0.2, 0.25) is 0 Å². The third-order valence-corrected chi connectivity index (χ3v) is 4.12. The van der Waals surface area contributed by atoms with Gasteiger partial charge in [-0.2, -0.15) is 0 Å². The Morgan fingerprint density at radius 3 is 2.76 bits per heavy atom. The zero-order chi connectivity index (χ0) is 12.3. The lowest BCUT2D eigenvalue weighted by molar-refractivity contribution is -0.122. The molecule has 2 rings (SSSR count). The van der Waals surface area contributed by atoms with Crippen LogP contribution in [0.1, 0.15) is 32.6 Å². The minimum atomic E-state index is -0.0675. The first-order valence-corrected chi connectivity index (χ1v) is 6.68. The molecule has 2 unspecified atom stereocenters. The lowest BCUT2D eigenvalue weighted by Gasteiger charge is -2.26. The van der Waals surface area contributed by atoms with Gasteiger partial charge < -0.3 is 0 Å². The Morgan fingerprint density at radius 2 is 2.12 bits per heavy atom. The normalized spacial score (nSPS) is 28.5. The lowest BCUT2D eigenvalue weighted by atomic mass is 10.2. The molecule has 0 bridgehead atoms. The molecule has 2 fully saturated rings. The average molecular weight is 240 g/mol. The van der Waals surface area contributed by atoms with Crippen molar-refractivity contribution in [3.05, 3.63) is 0 Å². The molecule has 2 aliphatic heterocycles. The molecule has 2 heterocycles. The van der Waals surface area contributed by atoms with Crippen molar-refractivity contribution in [3.63, 3.8) is 0 Å². The highest BCUT2D eigenvalue weighted by molar-refractivity contribution is 5.75. The number of hydrogen-bond acceptors (Lipinski definition) is 4. The van der Waals surface area contributed by atoms with Gasteiger partial charge in [-0.3, -0.25) is 20.0 Å². The molecule has 5 nitrogen and oxygen atoms in total. The second-order valence-corrected chi connectivity index (χ2v) is 5.30. The van der Waals surface area contributed by atoms with Crippen molar-refractivity contribution in [1.29, 1.82) is 0 Å². The van der Waals surface area contributed by atoms with Crippen LogP contribution >= 0.6 is 0 Å². The van der Waals surface area contributed by atoms with E-state index in [9.17, 15) is 4.79 Å². The Kier molecular flexibility index (Phi) is 4.36. The number of nitrogens with zero attached hydrogens (tertiary/aromatic N) is 2. The smallest absolute Gasteiger partial charge is 0.235 e. The van der Waals surface area contributed by atoms with Crippen molar-refractivity contribution in [1.82, 2.24) is 15.2 Å². The van der Waals surface area contributed by atoms with E-state index in [1.807, 2.05) is 0 Å². The summed E-state index contributed by atoms with van der Waals surface area (Å²) in [6.07, 6.45) is 4.45. The van der Waals surface area contributed by atoms with E-state index in [1.165, 1.54) is 32.4 Å². The summed E-state index contributed by atoms with van der Waals surface area (Å²) in [5.74, 6) is 5.05. The number of amides is 1. The van der Waals surface area contributed by atoms with Crippen LogP contribution < -0.4 is 11.3 Å². The highest BCUT2D eigenvalue weighted by Crippen LogP contribution is 2.22. The van der Waals surface area contributed by atoms with Crippen LogP contribution in [0.25, 0.3) is 0 Å². The lowest BCUT2D eigenvalue weighted by Crippen LogP contribution is -2.41.